The van der Waals surface area contributed by atoms with E-state index in [1.54, 1.807) is 0 Å². The zero-order valence-corrected chi connectivity index (χ0v) is 45.7. The summed E-state index contributed by atoms with van der Waals surface area (Å²) < 4.78 is 16.9. The fourth-order valence-corrected chi connectivity index (χ4v) is 9.51. The second-order valence-electron chi connectivity index (χ2n) is 21.0. The van der Waals surface area contributed by atoms with Gasteiger partial charge in [-0.15, -0.1) is 0 Å². The molecule has 0 aromatic rings. The van der Waals surface area contributed by atoms with Crippen molar-refractivity contribution in [1.82, 2.24) is 0 Å². The third-order valence-electron chi connectivity index (χ3n) is 14.1. The van der Waals surface area contributed by atoms with Crippen LogP contribution in [0.1, 0.15) is 355 Å². The Hall–Kier alpha value is -1.59. The minimum atomic E-state index is -0.761. The highest BCUT2D eigenvalue weighted by atomic mass is 16.6. The topological polar surface area (TPSA) is 78.9 Å². The lowest BCUT2D eigenvalue weighted by molar-refractivity contribution is -0.167. The molecular weight excluding hydrogens is 829 g/mol. The molecule has 0 saturated carbocycles. The van der Waals surface area contributed by atoms with Gasteiger partial charge in [0, 0.05) is 19.3 Å². The van der Waals surface area contributed by atoms with Crippen molar-refractivity contribution < 1.29 is 28.6 Å². The molecule has 0 fully saturated rings. The molecule has 0 aliphatic rings. The molecule has 0 bridgehead atoms. The lowest BCUT2D eigenvalue weighted by atomic mass is 10.0. The van der Waals surface area contributed by atoms with Gasteiger partial charge in [0.2, 0.25) is 0 Å². The van der Waals surface area contributed by atoms with Crippen LogP contribution in [-0.2, 0) is 28.6 Å². The van der Waals surface area contributed by atoms with Gasteiger partial charge in [0.1, 0.15) is 13.2 Å². The normalized spacial score (nSPS) is 11.9. The Balaban J connectivity index is 4.26. The Morgan fingerprint density at radius 3 is 0.597 bits per heavy atom. The Morgan fingerprint density at radius 2 is 0.403 bits per heavy atom. The van der Waals surface area contributed by atoms with Crippen molar-refractivity contribution in [2.24, 2.45) is 0 Å². The van der Waals surface area contributed by atoms with Crippen LogP contribution in [-0.4, -0.2) is 37.2 Å². The molecule has 0 aromatic heterocycles. The largest absolute Gasteiger partial charge is 0.462 e. The molecule has 0 spiro atoms. The molecule has 0 aromatic carbocycles. The summed E-state index contributed by atoms with van der Waals surface area (Å²) in [4.78, 5) is 38.2. The maximum absolute atomic E-state index is 12.9. The van der Waals surface area contributed by atoms with Gasteiger partial charge < -0.3 is 14.2 Å². The zero-order chi connectivity index (χ0) is 48.6. The molecule has 1 atom stereocenters. The average Bonchev–Trinajstić information content (AvgIpc) is 3.33. The number of carbonyl (C=O) groups is 3. The summed E-state index contributed by atoms with van der Waals surface area (Å²) in [6.07, 6.45) is 63.8. The van der Waals surface area contributed by atoms with Crippen molar-refractivity contribution in [2.75, 3.05) is 13.2 Å². The Labute approximate surface area is 418 Å². The molecular formula is C61H118O6. The predicted octanol–water partition coefficient (Wildman–Crippen LogP) is 20.3. The summed E-state index contributed by atoms with van der Waals surface area (Å²) in [6, 6.07) is 0. The molecule has 0 amide bonds. The van der Waals surface area contributed by atoms with Gasteiger partial charge in [-0.1, -0.05) is 316 Å². The Kier molecular flexibility index (Phi) is 55.6. The van der Waals surface area contributed by atoms with E-state index in [4.69, 9.17) is 14.2 Å². The summed E-state index contributed by atoms with van der Waals surface area (Å²) in [5.74, 6) is -0.828. The molecule has 0 aliphatic carbocycles. The molecule has 6 heteroatoms. The van der Waals surface area contributed by atoms with Crippen LogP contribution in [0.5, 0.6) is 0 Å². The van der Waals surface area contributed by atoms with E-state index >= 15 is 0 Å². The van der Waals surface area contributed by atoms with Crippen molar-refractivity contribution >= 4 is 17.9 Å². The quantitative estimate of drug-likeness (QED) is 0.0343. The standard InChI is InChI=1S/C61H118O6/c1-4-7-10-13-16-19-22-25-27-29-30-32-34-37-40-43-46-49-52-55-61(64)67-58(56-65-59(62)53-50-47-44-41-38-35-24-21-18-15-12-9-6-3)57-66-60(63)54-51-48-45-42-39-36-33-31-28-26-23-20-17-14-11-8-5-2/h58H,4-57H2,1-3H3/t58-/m0/s1. The number of unbranched alkanes of at least 4 members (excludes halogenated alkanes) is 46. The number of rotatable bonds is 57. The summed E-state index contributed by atoms with van der Waals surface area (Å²) >= 11 is 0. The maximum atomic E-state index is 12.9. The van der Waals surface area contributed by atoms with E-state index in [0.717, 1.165) is 57.8 Å². The van der Waals surface area contributed by atoms with Crippen LogP contribution < -0.4 is 0 Å². The van der Waals surface area contributed by atoms with Crippen LogP contribution in [0.3, 0.4) is 0 Å². The lowest BCUT2D eigenvalue weighted by Crippen LogP contribution is -2.30. The highest BCUT2D eigenvalue weighted by Gasteiger charge is 2.19. The van der Waals surface area contributed by atoms with E-state index < -0.39 is 6.10 Å². The first-order chi connectivity index (χ1) is 33.0. The third-order valence-corrected chi connectivity index (χ3v) is 14.1. The fourth-order valence-electron chi connectivity index (χ4n) is 9.51. The molecule has 0 unspecified atom stereocenters. The van der Waals surface area contributed by atoms with Gasteiger partial charge in [0.25, 0.3) is 0 Å². The predicted molar refractivity (Wildman–Crippen MR) is 289 cm³/mol. The van der Waals surface area contributed by atoms with Gasteiger partial charge in [-0.3, -0.25) is 14.4 Å². The van der Waals surface area contributed by atoms with Crippen molar-refractivity contribution in [3.05, 3.63) is 0 Å². The van der Waals surface area contributed by atoms with Gasteiger partial charge in [0.15, 0.2) is 6.10 Å². The monoisotopic (exact) mass is 947 g/mol. The van der Waals surface area contributed by atoms with E-state index in [1.165, 1.54) is 257 Å². The van der Waals surface area contributed by atoms with Gasteiger partial charge in [0.05, 0.1) is 0 Å². The highest BCUT2D eigenvalue weighted by Crippen LogP contribution is 2.18. The number of carbonyl (C=O) groups excluding carboxylic acids is 3. The molecule has 0 saturated heterocycles. The van der Waals surface area contributed by atoms with Crippen LogP contribution in [0.2, 0.25) is 0 Å². The van der Waals surface area contributed by atoms with E-state index in [9.17, 15) is 14.4 Å². The maximum Gasteiger partial charge on any atom is 0.306 e. The van der Waals surface area contributed by atoms with E-state index in [1.807, 2.05) is 0 Å². The molecule has 0 N–H and O–H groups in total. The number of hydrogen-bond acceptors (Lipinski definition) is 6. The van der Waals surface area contributed by atoms with Crippen molar-refractivity contribution in [2.45, 2.75) is 361 Å². The third kappa shape index (κ3) is 55.2. The lowest BCUT2D eigenvalue weighted by Gasteiger charge is -2.18. The molecule has 0 heterocycles. The highest BCUT2D eigenvalue weighted by molar-refractivity contribution is 5.71. The van der Waals surface area contributed by atoms with Crippen LogP contribution in [0, 0.1) is 0 Å². The van der Waals surface area contributed by atoms with Crippen LogP contribution in [0.25, 0.3) is 0 Å². The first-order valence-electron chi connectivity index (χ1n) is 30.5. The Morgan fingerprint density at radius 1 is 0.239 bits per heavy atom. The molecule has 0 aliphatic heterocycles. The van der Waals surface area contributed by atoms with Crippen LogP contribution in [0.4, 0.5) is 0 Å². The second kappa shape index (κ2) is 57.0. The van der Waals surface area contributed by atoms with Gasteiger partial charge in [-0.25, -0.2) is 0 Å². The molecule has 0 radical (unpaired) electrons. The SMILES string of the molecule is CCCCCCCCCCCCCCCCCCCCCC(=O)O[C@@H](COC(=O)CCCCCCCCCCCCCCC)COC(=O)CCCCCCCCCCCCCCCCCCC. The zero-order valence-electron chi connectivity index (χ0n) is 45.7. The second-order valence-corrected chi connectivity index (χ2v) is 21.0. The van der Waals surface area contributed by atoms with Gasteiger partial charge in [-0.05, 0) is 19.3 Å². The average molecular weight is 948 g/mol. The molecule has 398 valence electrons. The van der Waals surface area contributed by atoms with Crippen LogP contribution in [0.15, 0.2) is 0 Å². The number of ether oxygens (including phenoxy) is 3. The Bertz CT molecular complexity index is 998. The van der Waals surface area contributed by atoms with E-state index in [0.29, 0.717) is 19.3 Å². The van der Waals surface area contributed by atoms with Crippen LogP contribution >= 0.6 is 0 Å². The van der Waals surface area contributed by atoms with Gasteiger partial charge >= 0.3 is 17.9 Å². The first-order valence-corrected chi connectivity index (χ1v) is 30.5. The number of esters is 3. The minimum Gasteiger partial charge on any atom is -0.462 e. The summed E-state index contributed by atoms with van der Waals surface area (Å²) in [6.45, 7) is 6.72. The van der Waals surface area contributed by atoms with Gasteiger partial charge in [-0.2, -0.15) is 0 Å². The first kappa shape index (κ1) is 65.4. The van der Waals surface area contributed by atoms with Crippen molar-refractivity contribution in [3.63, 3.8) is 0 Å². The van der Waals surface area contributed by atoms with E-state index in [2.05, 4.69) is 20.8 Å². The molecule has 6 nitrogen and oxygen atoms in total. The molecule has 0 rings (SSSR count). The summed E-state index contributed by atoms with van der Waals surface area (Å²) in [5, 5.41) is 0. The smallest absolute Gasteiger partial charge is 0.306 e. The number of hydrogen-bond donors (Lipinski definition) is 0. The molecule has 67 heavy (non-hydrogen) atoms. The fraction of sp³-hybridized carbons (Fsp3) is 0.951. The van der Waals surface area contributed by atoms with E-state index in [-0.39, 0.29) is 31.1 Å². The minimum absolute atomic E-state index is 0.0608. The van der Waals surface area contributed by atoms with Crippen molar-refractivity contribution in [1.29, 1.82) is 0 Å². The summed E-state index contributed by atoms with van der Waals surface area (Å²) in [7, 11) is 0. The van der Waals surface area contributed by atoms with Crippen molar-refractivity contribution in [3.8, 4) is 0 Å². The summed E-state index contributed by atoms with van der Waals surface area (Å²) in [5.41, 5.74) is 0.